The van der Waals surface area contributed by atoms with Crippen molar-refractivity contribution in [1.82, 2.24) is 0 Å². The van der Waals surface area contributed by atoms with E-state index in [0.717, 1.165) is 18.4 Å². The Morgan fingerprint density at radius 2 is 1.63 bits per heavy atom. The Kier molecular flexibility index (Phi) is 3.48. The summed E-state index contributed by atoms with van der Waals surface area (Å²) >= 11 is 0. The van der Waals surface area contributed by atoms with Crippen molar-refractivity contribution < 1.29 is 14.7 Å². The van der Waals surface area contributed by atoms with Gasteiger partial charge >= 0.3 is 5.97 Å². The molecular weight excluding hydrogens is 240 g/mol. The molecule has 3 nitrogen and oxygen atoms in total. The Morgan fingerprint density at radius 1 is 1.11 bits per heavy atom. The Hall–Kier alpha value is -1.64. The lowest BCUT2D eigenvalue weighted by molar-refractivity contribution is -0.157. The first-order valence-corrected chi connectivity index (χ1v) is 6.83. The molecule has 0 unspecified atom stereocenters. The summed E-state index contributed by atoms with van der Waals surface area (Å²) in [5, 5.41) is 9.11. The molecule has 0 aliphatic heterocycles. The molecule has 0 heterocycles. The number of rotatable bonds is 5. The van der Waals surface area contributed by atoms with Crippen LogP contribution in [0.3, 0.4) is 0 Å². The molecule has 1 aromatic rings. The molecule has 1 aliphatic carbocycles. The van der Waals surface area contributed by atoms with Crippen LogP contribution in [0.25, 0.3) is 0 Å². The zero-order valence-corrected chi connectivity index (χ0v) is 11.5. The lowest BCUT2D eigenvalue weighted by Crippen LogP contribution is -2.56. The van der Waals surface area contributed by atoms with Gasteiger partial charge in [-0.1, -0.05) is 57.0 Å². The highest BCUT2D eigenvalue weighted by molar-refractivity contribution is 6.36. The number of carbonyl (C=O) groups excluding carboxylic acids is 1. The molecule has 0 bridgehead atoms. The van der Waals surface area contributed by atoms with Gasteiger partial charge in [-0.05, 0) is 23.8 Å². The van der Waals surface area contributed by atoms with Crippen molar-refractivity contribution in [3.63, 3.8) is 0 Å². The Morgan fingerprint density at radius 3 is 2.05 bits per heavy atom. The third kappa shape index (κ3) is 2.07. The maximum absolute atomic E-state index is 12.2. The SMILES string of the molecule is CCC1(CC)CC(C(=O)C(=O)O)(c2ccccc2)C1. The van der Waals surface area contributed by atoms with Crippen LogP contribution in [0.4, 0.5) is 0 Å². The lowest BCUT2D eigenvalue weighted by atomic mass is 9.47. The molecule has 19 heavy (non-hydrogen) atoms. The summed E-state index contributed by atoms with van der Waals surface area (Å²) in [6, 6.07) is 9.36. The first-order valence-electron chi connectivity index (χ1n) is 6.83. The highest BCUT2D eigenvalue weighted by Gasteiger charge is 2.59. The number of carboxylic acids is 1. The minimum Gasteiger partial charge on any atom is -0.475 e. The van der Waals surface area contributed by atoms with Gasteiger partial charge in [-0.3, -0.25) is 4.79 Å². The van der Waals surface area contributed by atoms with E-state index in [9.17, 15) is 9.59 Å². The van der Waals surface area contributed by atoms with Crippen molar-refractivity contribution in [2.45, 2.75) is 44.9 Å². The first-order chi connectivity index (χ1) is 8.99. The maximum atomic E-state index is 12.2. The molecule has 0 radical (unpaired) electrons. The number of ketones is 1. The van der Waals surface area contributed by atoms with Gasteiger partial charge in [0.25, 0.3) is 0 Å². The predicted octanol–water partition coefficient (Wildman–Crippen LogP) is 3.18. The Bertz CT molecular complexity index is 478. The summed E-state index contributed by atoms with van der Waals surface area (Å²) in [5.41, 5.74) is 0.167. The molecule has 0 amide bonds. The van der Waals surface area contributed by atoms with Crippen LogP contribution in [0.1, 0.15) is 45.1 Å². The molecule has 2 rings (SSSR count). The van der Waals surface area contributed by atoms with Gasteiger partial charge in [-0.25, -0.2) is 4.79 Å². The van der Waals surface area contributed by atoms with Crippen LogP contribution in [0.15, 0.2) is 30.3 Å². The number of hydrogen-bond acceptors (Lipinski definition) is 2. The molecular formula is C16H20O3. The normalized spacial score (nSPS) is 19.5. The van der Waals surface area contributed by atoms with E-state index in [2.05, 4.69) is 13.8 Å². The number of carbonyl (C=O) groups is 2. The number of hydrogen-bond donors (Lipinski definition) is 1. The quantitative estimate of drug-likeness (QED) is 0.827. The van der Waals surface area contributed by atoms with E-state index in [1.54, 1.807) is 0 Å². The highest BCUT2D eigenvalue weighted by atomic mass is 16.4. The largest absolute Gasteiger partial charge is 0.475 e. The molecule has 1 aromatic carbocycles. The van der Waals surface area contributed by atoms with E-state index < -0.39 is 17.2 Å². The third-order valence-electron chi connectivity index (χ3n) is 4.81. The lowest BCUT2D eigenvalue weighted by Gasteiger charge is -2.55. The van der Waals surface area contributed by atoms with Crippen molar-refractivity contribution in [3.05, 3.63) is 35.9 Å². The second-order valence-corrected chi connectivity index (χ2v) is 5.64. The minimum absolute atomic E-state index is 0.126. The average Bonchev–Trinajstić information content (AvgIpc) is 2.40. The summed E-state index contributed by atoms with van der Waals surface area (Å²) in [7, 11) is 0. The molecule has 1 saturated carbocycles. The summed E-state index contributed by atoms with van der Waals surface area (Å²) in [4.78, 5) is 23.3. The molecule has 0 atom stereocenters. The van der Waals surface area contributed by atoms with Crippen LogP contribution >= 0.6 is 0 Å². The number of carboxylic acid groups (broad SMARTS) is 1. The van der Waals surface area contributed by atoms with Gasteiger partial charge in [0, 0.05) is 0 Å². The van der Waals surface area contributed by atoms with Crippen LogP contribution < -0.4 is 0 Å². The second-order valence-electron chi connectivity index (χ2n) is 5.64. The topological polar surface area (TPSA) is 54.4 Å². The summed E-state index contributed by atoms with van der Waals surface area (Å²) in [6.45, 7) is 4.23. The van der Waals surface area contributed by atoms with E-state index in [-0.39, 0.29) is 5.41 Å². The van der Waals surface area contributed by atoms with Gasteiger partial charge in [0.15, 0.2) is 0 Å². The van der Waals surface area contributed by atoms with Crippen LogP contribution in [0.5, 0.6) is 0 Å². The average molecular weight is 260 g/mol. The number of Topliss-reactive ketones (excluding diaryl/α,β-unsaturated/α-hetero) is 1. The van der Waals surface area contributed by atoms with E-state index >= 15 is 0 Å². The van der Waals surface area contributed by atoms with Crippen LogP contribution in [0, 0.1) is 5.41 Å². The van der Waals surface area contributed by atoms with Gasteiger partial charge < -0.3 is 5.11 Å². The van der Waals surface area contributed by atoms with Gasteiger partial charge in [-0.2, -0.15) is 0 Å². The van der Waals surface area contributed by atoms with E-state index in [4.69, 9.17) is 5.11 Å². The molecule has 0 aromatic heterocycles. The first kappa shape index (κ1) is 13.8. The van der Waals surface area contributed by atoms with Gasteiger partial charge in [0.05, 0.1) is 5.41 Å². The van der Waals surface area contributed by atoms with Crippen LogP contribution in [-0.2, 0) is 15.0 Å². The van der Waals surface area contributed by atoms with E-state index in [0.29, 0.717) is 12.8 Å². The van der Waals surface area contributed by atoms with Crippen molar-refractivity contribution in [3.8, 4) is 0 Å². The minimum atomic E-state index is -1.32. The fourth-order valence-corrected chi connectivity index (χ4v) is 3.44. The highest BCUT2D eigenvalue weighted by Crippen LogP contribution is 2.59. The van der Waals surface area contributed by atoms with Crippen molar-refractivity contribution in [1.29, 1.82) is 0 Å². The van der Waals surface area contributed by atoms with Gasteiger partial charge in [0.2, 0.25) is 5.78 Å². The van der Waals surface area contributed by atoms with Crippen molar-refractivity contribution in [2.24, 2.45) is 5.41 Å². The van der Waals surface area contributed by atoms with Crippen LogP contribution in [0.2, 0.25) is 0 Å². The van der Waals surface area contributed by atoms with E-state index in [1.807, 2.05) is 30.3 Å². The zero-order chi connectivity index (χ0) is 14.1. The molecule has 1 fully saturated rings. The molecule has 3 heteroatoms. The third-order valence-corrected chi connectivity index (χ3v) is 4.81. The molecule has 102 valence electrons. The van der Waals surface area contributed by atoms with Gasteiger partial charge in [-0.15, -0.1) is 0 Å². The number of aliphatic carboxylic acids is 1. The Balaban J connectivity index is 2.39. The smallest absolute Gasteiger partial charge is 0.373 e. The second kappa shape index (κ2) is 4.80. The number of benzene rings is 1. The summed E-state index contributed by atoms with van der Waals surface area (Å²) < 4.78 is 0. The fraction of sp³-hybridized carbons (Fsp3) is 0.500. The van der Waals surface area contributed by atoms with Crippen molar-refractivity contribution in [2.75, 3.05) is 0 Å². The maximum Gasteiger partial charge on any atom is 0.373 e. The van der Waals surface area contributed by atoms with Gasteiger partial charge in [0.1, 0.15) is 0 Å². The summed E-state index contributed by atoms with van der Waals surface area (Å²) in [5.74, 6) is -1.97. The summed E-state index contributed by atoms with van der Waals surface area (Å²) in [6.07, 6.45) is 3.29. The Labute approximate surface area is 113 Å². The van der Waals surface area contributed by atoms with E-state index in [1.165, 1.54) is 0 Å². The molecule has 0 saturated heterocycles. The zero-order valence-electron chi connectivity index (χ0n) is 11.5. The predicted molar refractivity (Wildman–Crippen MR) is 73.0 cm³/mol. The standard InChI is InChI=1S/C16H20O3/c1-3-15(4-2)10-16(11-15,13(17)14(18)19)12-8-6-5-7-9-12/h5-9H,3-4,10-11H2,1-2H3,(H,18,19). The molecule has 0 spiro atoms. The molecule has 1 N–H and O–H groups in total. The fourth-order valence-electron chi connectivity index (χ4n) is 3.44. The van der Waals surface area contributed by atoms with Crippen molar-refractivity contribution >= 4 is 11.8 Å². The van der Waals surface area contributed by atoms with Crippen LogP contribution in [-0.4, -0.2) is 16.9 Å². The monoisotopic (exact) mass is 260 g/mol. The molecule has 1 aliphatic rings.